The van der Waals surface area contributed by atoms with E-state index in [1.807, 2.05) is 31.2 Å². The molecule has 0 saturated carbocycles. The summed E-state index contributed by atoms with van der Waals surface area (Å²) in [6, 6.07) is 11.4. The lowest BCUT2D eigenvalue weighted by atomic mass is 10.2. The van der Waals surface area contributed by atoms with Crippen molar-refractivity contribution in [1.29, 1.82) is 0 Å². The van der Waals surface area contributed by atoms with E-state index in [0.717, 1.165) is 37.7 Å². The number of hydrogen-bond donors (Lipinski definition) is 1. The first kappa shape index (κ1) is 18.0. The number of anilines is 2. The molecule has 1 aromatic heterocycles. The molecule has 0 spiro atoms. The molecule has 0 aliphatic carbocycles. The second kappa shape index (κ2) is 8.56. The molecular weight excluding hydrogens is 358 g/mol. The van der Waals surface area contributed by atoms with Crippen LogP contribution in [0.15, 0.2) is 47.6 Å². The summed E-state index contributed by atoms with van der Waals surface area (Å²) >= 11 is 7.44. The third-order valence-electron chi connectivity index (χ3n) is 3.89. The van der Waals surface area contributed by atoms with Crippen LogP contribution in [0.3, 0.4) is 0 Å². The molecular formula is C18H20ClN3O2S. The zero-order valence-corrected chi connectivity index (χ0v) is 15.5. The van der Waals surface area contributed by atoms with E-state index in [9.17, 15) is 4.79 Å². The number of nitrogens with zero attached hydrogens (tertiary/aromatic N) is 2. The van der Waals surface area contributed by atoms with E-state index in [2.05, 4.69) is 15.2 Å². The number of morpholine rings is 1. The highest BCUT2D eigenvalue weighted by Gasteiger charge is 2.17. The smallest absolute Gasteiger partial charge is 0.237 e. The van der Waals surface area contributed by atoms with Crippen LogP contribution in [0.25, 0.3) is 0 Å². The minimum absolute atomic E-state index is 0.0779. The number of aromatic nitrogens is 1. The predicted molar refractivity (Wildman–Crippen MR) is 103 cm³/mol. The number of carbonyl (C=O) groups is 1. The number of carbonyl (C=O) groups excluding carboxylic acids is 1. The predicted octanol–water partition coefficient (Wildman–Crippen LogP) is 3.69. The van der Waals surface area contributed by atoms with Crippen molar-refractivity contribution in [2.45, 2.75) is 17.2 Å². The summed E-state index contributed by atoms with van der Waals surface area (Å²) in [5.74, 6) is -0.0779. The first-order chi connectivity index (χ1) is 12.1. The quantitative estimate of drug-likeness (QED) is 0.805. The molecule has 1 atom stereocenters. The molecule has 132 valence electrons. The van der Waals surface area contributed by atoms with Crippen LogP contribution < -0.4 is 10.2 Å². The lowest BCUT2D eigenvalue weighted by Gasteiger charge is -2.28. The Morgan fingerprint density at radius 2 is 2.00 bits per heavy atom. The van der Waals surface area contributed by atoms with Gasteiger partial charge in [-0.15, -0.1) is 0 Å². The maximum atomic E-state index is 12.4. The van der Waals surface area contributed by atoms with E-state index in [1.54, 1.807) is 18.3 Å². The summed E-state index contributed by atoms with van der Waals surface area (Å²) in [6.07, 6.45) is 1.67. The molecule has 5 nitrogen and oxygen atoms in total. The van der Waals surface area contributed by atoms with E-state index in [-0.39, 0.29) is 11.2 Å². The zero-order valence-electron chi connectivity index (χ0n) is 13.9. The number of amides is 1. The van der Waals surface area contributed by atoms with Gasteiger partial charge < -0.3 is 15.0 Å². The van der Waals surface area contributed by atoms with Gasteiger partial charge in [0, 0.05) is 30.7 Å². The summed E-state index contributed by atoms with van der Waals surface area (Å²) < 4.78 is 5.37. The van der Waals surface area contributed by atoms with Gasteiger partial charge in [0.05, 0.1) is 23.5 Å². The fraction of sp³-hybridized carbons (Fsp3) is 0.333. The number of ether oxygens (including phenoxy) is 1. The Morgan fingerprint density at radius 1 is 1.28 bits per heavy atom. The maximum Gasteiger partial charge on any atom is 0.237 e. The van der Waals surface area contributed by atoms with Crippen molar-refractivity contribution in [2.75, 3.05) is 36.5 Å². The first-order valence-electron chi connectivity index (χ1n) is 8.14. The molecule has 25 heavy (non-hydrogen) atoms. The summed E-state index contributed by atoms with van der Waals surface area (Å²) in [4.78, 5) is 18.9. The highest BCUT2D eigenvalue weighted by Crippen LogP contribution is 2.28. The van der Waals surface area contributed by atoms with Crippen LogP contribution >= 0.6 is 23.4 Å². The van der Waals surface area contributed by atoms with E-state index < -0.39 is 0 Å². The molecule has 2 heterocycles. The summed E-state index contributed by atoms with van der Waals surface area (Å²) in [5.41, 5.74) is 1.92. The van der Waals surface area contributed by atoms with Gasteiger partial charge in [0.25, 0.3) is 0 Å². The minimum Gasteiger partial charge on any atom is -0.378 e. The van der Waals surface area contributed by atoms with Crippen LogP contribution in [0.2, 0.25) is 5.02 Å². The minimum atomic E-state index is -0.300. The van der Waals surface area contributed by atoms with Crippen LogP contribution in [0.5, 0.6) is 0 Å². The Morgan fingerprint density at radius 3 is 2.68 bits per heavy atom. The van der Waals surface area contributed by atoms with E-state index >= 15 is 0 Å². The summed E-state index contributed by atoms with van der Waals surface area (Å²) in [6.45, 7) is 5.13. The zero-order chi connectivity index (χ0) is 17.6. The standard InChI is InChI=1S/C18H20ClN3O2S/c1-13(25-18-16(19)3-2-8-20-18)17(23)21-14-4-6-15(7-5-14)22-9-11-24-12-10-22/h2-8,13H,9-12H2,1H3,(H,21,23)/t13-/m0/s1. The largest absolute Gasteiger partial charge is 0.378 e. The number of nitrogens with one attached hydrogen (secondary N) is 1. The lowest BCUT2D eigenvalue weighted by Crippen LogP contribution is -2.36. The van der Waals surface area contributed by atoms with Crippen molar-refractivity contribution in [1.82, 2.24) is 4.98 Å². The Bertz CT molecular complexity index is 721. The number of hydrogen-bond acceptors (Lipinski definition) is 5. The molecule has 1 saturated heterocycles. The van der Waals surface area contributed by atoms with Crippen molar-refractivity contribution in [2.24, 2.45) is 0 Å². The monoisotopic (exact) mass is 377 g/mol. The van der Waals surface area contributed by atoms with Gasteiger partial charge in [-0.3, -0.25) is 4.79 Å². The van der Waals surface area contributed by atoms with Gasteiger partial charge >= 0.3 is 0 Å². The maximum absolute atomic E-state index is 12.4. The van der Waals surface area contributed by atoms with Gasteiger partial charge in [-0.25, -0.2) is 4.98 Å². The van der Waals surface area contributed by atoms with Gasteiger partial charge in [-0.1, -0.05) is 23.4 Å². The fourth-order valence-corrected chi connectivity index (χ4v) is 3.56. The van der Waals surface area contributed by atoms with Crippen LogP contribution in [0.1, 0.15) is 6.92 Å². The third kappa shape index (κ3) is 4.87. The van der Waals surface area contributed by atoms with E-state index in [1.165, 1.54) is 11.8 Å². The number of benzene rings is 1. The average molecular weight is 378 g/mol. The van der Waals surface area contributed by atoms with E-state index in [0.29, 0.717) is 10.0 Å². The molecule has 7 heteroatoms. The molecule has 1 aromatic carbocycles. The van der Waals surface area contributed by atoms with Crippen LogP contribution in [-0.4, -0.2) is 42.4 Å². The molecule has 1 N–H and O–H groups in total. The summed E-state index contributed by atoms with van der Waals surface area (Å²) in [5, 5.41) is 3.86. The van der Waals surface area contributed by atoms with Crippen molar-refractivity contribution in [3.05, 3.63) is 47.6 Å². The molecule has 0 bridgehead atoms. The van der Waals surface area contributed by atoms with Crippen molar-refractivity contribution in [3.8, 4) is 0 Å². The van der Waals surface area contributed by atoms with E-state index in [4.69, 9.17) is 16.3 Å². The fourth-order valence-electron chi connectivity index (χ4n) is 2.50. The molecule has 0 radical (unpaired) electrons. The Kier molecular flexibility index (Phi) is 6.18. The van der Waals surface area contributed by atoms with Gasteiger partial charge in [0.1, 0.15) is 5.03 Å². The van der Waals surface area contributed by atoms with Gasteiger partial charge in [-0.2, -0.15) is 0 Å². The SMILES string of the molecule is C[C@H](Sc1ncccc1Cl)C(=O)Nc1ccc(N2CCOCC2)cc1. The topological polar surface area (TPSA) is 54.5 Å². The molecule has 1 aliphatic heterocycles. The number of halogens is 1. The molecule has 1 fully saturated rings. The van der Waals surface area contributed by atoms with Gasteiger partial charge in [-0.05, 0) is 43.3 Å². The Labute approximate surface area is 156 Å². The highest BCUT2D eigenvalue weighted by atomic mass is 35.5. The van der Waals surface area contributed by atoms with Crippen LogP contribution in [0.4, 0.5) is 11.4 Å². The third-order valence-corrected chi connectivity index (χ3v) is 5.43. The number of rotatable bonds is 5. The van der Waals surface area contributed by atoms with Crippen molar-refractivity contribution >= 4 is 40.6 Å². The Balaban J connectivity index is 1.57. The number of thioether (sulfide) groups is 1. The van der Waals surface area contributed by atoms with Gasteiger partial charge in [0.15, 0.2) is 0 Å². The second-order valence-corrected chi connectivity index (χ2v) is 7.42. The number of pyridine rings is 1. The molecule has 2 aromatic rings. The Hall–Kier alpha value is -1.76. The van der Waals surface area contributed by atoms with Crippen molar-refractivity contribution < 1.29 is 9.53 Å². The first-order valence-corrected chi connectivity index (χ1v) is 9.40. The second-order valence-electron chi connectivity index (χ2n) is 5.69. The van der Waals surface area contributed by atoms with Crippen LogP contribution in [-0.2, 0) is 9.53 Å². The average Bonchev–Trinajstić information content (AvgIpc) is 2.65. The summed E-state index contributed by atoms with van der Waals surface area (Å²) in [7, 11) is 0. The van der Waals surface area contributed by atoms with Gasteiger partial charge in [0.2, 0.25) is 5.91 Å². The molecule has 1 amide bonds. The lowest BCUT2D eigenvalue weighted by molar-refractivity contribution is -0.115. The van der Waals surface area contributed by atoms with Crippen molar-refractivity contribution in [3.63, 3.8) is 0 Å². The highest BCUT2D eigenvalue weighted by molar-refractivity contribution is 8.00. The van der Waals surface area contributed by atoms with Crippen LogP contribution in [0, 0.1) is 0 Å². The molecule has 3 rings (SSSR count). The normalized spacial score (nSPS) is 15.7. The molecule has 1 aliphatic rings. The molecule has 0 unspecified atom stereocenters.